The van der Waals surface area contributed by atoms with E-state index < -0.39 is 0 Å². The molecule has 2 aromatic heterocycles. The Balaban J connectivity index is 1.50. The number of rotatable bonds is 6. The van der Waals surface area contributed by atoms with E-state index in [0.29, 0.717) is 39.9 Å². The Kier molecular flexibility index (Phi) is 5.21. The van der Waals surface area contributed by atoms with E-state index in [1.54, 1.807) is 68.6 Å². The standard InChI is InChI=1S/C22H19N3O5/c1-14-11-20-23-16(12-21(26)25(20)30-14)13-29-19-6-4-3-5-18(19)24-22(27)15-7-9-17(28-2)10-8-15/h3-12H,13H2,1-2H3,(H,24,27). The summed E-state index contributed by atoms with van der Waals surface area (Å²) in [5.74, 6) is 1.44. The molecule has 0 fully saturated rings. The number of aromatic nitrogens is 2. The summed E-state index contributed by atoms with van der Waals surface area (Å²) in [6.45, 7) is 1.80. The van der Waals surface area contributed by atoms with E-state index in [4.69, 9.17) is 14.0 Å². The molecule has 0 spiro atoms. The number of fused-ring (bicyclic) bond motifs is 1. The van der Waals surface area contributed by atoms with E-state index >= 15 is 0 Å². The Bertz CT molecular complexity index is 1260. The summed E-state index contributed by atoms with van der Waals surface area (Å²) in [7, 11) is 1.57. The van der Waals surface area contributed by atoms with Crippen LogP contribution in [0.3, 0.4) is 0 Å². The number of ether oxygens (including phenoxy) is 2. The molecule has 2 aromatic carbocycles. The molecule has 2 heterocycles. The van der Waals surface area contributed by atoms with Crippen molar-refractivity contribution in [3.05, 3.63) is 88.0 Å². The number of nitrogens with one attached hydrogen (secondary N) is 1. The van der Waals surface area contributed by atoms with Crippen molar-refractivity contribution in [3.8, 4) is 11.5 Å². The summed E-state index contributed by atoms with van der Waals surface area (Å²) in [5, 5.41) is 2.84. The first-order chi connectivity index (χ1) is 14.5. The molecule has 0 bridgehead atoms. The number of carbonyl (C=O) groups is 1. The zero-order valence-electron chi connectivity index (χ0n) is 16.4. The number of methoxy groups -OCH3 is 1. The zero-order chi connectivity index (χ0) is 21.1. The highest BCUT2D eigenvalue weighted by atomic mass is 16.5. The van der Waals surface area contributed by atoms with Crippen LogP contribution in [0.5, 0.6) is 11.5 Å². The second kappa shape index (κ2) is 8.12. The molecule has 0 aliphatic rings. The monoisotopic (exact) mass is 405 g/mol. The van der Waals surface area contributed by atoms with Gasteiger partial charge in [0.2, 0.25) is 0 Å². The normalized spacial score (nSPS) is 10.7. The van der Waals surface area contributed by atoms with Crippen molar-refractivity contribution < 1.29 is 18.8 Å². The maximum absolute atomic E-state index is 12.6. The highest BCUT2D eigenvalue weighted by Crippen LogP contribution is 2.25. The van der Waals surface area contributed by atoms with Gasteiger partial charge in [0.1, 0.15) is 23.9 Å². The van der Waals surface area contributed by atoms with Crippen LogP contribution in [0.2, 0.25) is 0 Å². The fourth-order valence-electron chi connectivity index (χ4n) is 2.93. The van der Waals surface area contributed by atoms with Gasteiger partial charge in [0.25, 0.3) is 11.5 Å². The fourth-order valence-corrected chi connectivity index (χ4v) is 2.93. The van der Waals surface area contributed by atoms with Crippen LogP contribution in [0.25, 0.3) is 5.65 Å². The molecule has 30 heavy (non-hydrogen) atoms. The van der Waals surface area contributed by atoms with E-state index in [1.807, 2.05) is 0 Å². The van der Waals surface area contributed by atoms with Gasteiger partial charge in [-0.25, -0.2) is 4.98 Å². The molecule has 4 aromatic rings. The van der Waals surface area contributed by atoms with Crippen molar-refractivity contribution in [2.75, 3.05) is 12.4 Å². The zero-order valence-corrected chi connectivity index (χ0v) is 16.4. The average molecular weight is 405 g/mol. The van der Waals surface area contributed by atoms with E-state index in [9.17, 15) is 9.59 Å². The minimum absolute atomic E-state index is 0.0609. The molecule has 1 amide bonds. The van der Waals surface area contributed by atoms with Crippen LogP contribution in [0.15, 0.2) is 70.0 Å². The maximum atomic E-state index is 12.6. The van der Waals surface area contributed by atoms with Crippen LogP contribution < -0.4 is 20.3 Å². The van der Waals surface area contributed by atoms with Crippen LogP contribution >= 0.6 is 0 Å². The first kappa shape index (κ1) is 19.3. The summed E-state index contributed by atoms with van der Waals surface area (Å²) in [6, 6.07) is 16.9. The smallest absolute Gasteiger partial charge is 0.287 e. The molecule has 0 saturated carbocycles. The maximum Gasteiger partial charge on any atom is 0.287 e. The first-order valence-electron chi connectivity index (χ1n) is 9.20. The number of aryl methyl sites for hydroxylation is 1. The van der Waals surface area contributed by atoms with Gasteiger partial charge < -0.3 is 19.3 Å². The number of amides is 1. The Morgan fingerprint density at radius 2 is 1.90 bits per heavy atom. The number of carbonyl (C=O) groups excluding carboxylic acids is 1. The number of hydrogen-bond donors (Lipinski definition) is 1. The average Bonchev–Trinajstić information content (AvgIpc) is 3.14. The molecule has 1 N–H and O–H groups in total. The first-order valence-corrected chi connectivity index (χ1v) is 9.20. The van der Waals surface area contributed by atoms with E-state index in [0.717, 1.165) is 4.57 Å². The molecular weight excluding hydrogens is 386 g/mol. The van der Waals surface area contributed by atoms with Crippen molar-refractivity contribution in [1.82, 2.24) is 9.56 Å². The van der Waals surface area contributed by atoms with Crippen LogP contribution in [-0.2, 0) is 6.61 Å². The highest BCUT2D eigenvalue weighted by molar-refractivity contribution is 6.05. The Labute approximate surface area is 171 Å². The Morgan fingerprint density at radius 3 is 2.67 bits per heavy atom. The number of anilines is 1. The van der Waals surface area contributed by atoms with Crippen LogP contribution in [-0.4, -0.2) is 22.6 Å². The molecule has 0 aliphatic heterocycles. The van der Waals surface area contributed by atoms with Gasteiger partial charge in [-0.15, -0.1) is 4.57 Å². The summed E-state index contributed by atoms with van der Waals surface area (Å²) >= 11 is 0. The van der Waals surface area contributed by atoms with Crippen molar-refractivity contribution in [2.45, 2.75) is 13.5 Å². The number of para-hydroxylation sites is 2. The summed E-state index contributed by atoms with van der Waals surface area (Å²) < 4.78 is 17.3. The van der Waals surface area contributed by atoms with Crippen molar-refractivity contribution in [2.24, 2.45) is 0 Å². The van der Waals surface area contributed by atoms with E-state index in [1.165, 1.54) is 6.07 Å². The molecule has 8 heteroatoms. The third-order valence-corrected chi connectivity index (χ3v) is 4.39. The van der Waals surface area contributed by atoms with Gasteiger partial charge in [-0.05, 0) is 43.3 Å². The number of benzene rings is 2. The van der Waals surface area contributed by atoms with Gasteiger partial charge in [0.05, 0.1) is 18.5 Å². The lowest BCUT2D eigenvalue weighted by Gasteiger charge is -2.12. The molecule has 4 rings (SSSR count). The molecule has 0 aliphatic carbocycles. The van der Waals surface area contributed by atoms with Gasteiger partial charge >= 0.3 is 0 Å². The molecule has 0 unspecified atom stereocenters. The Morgan fingerprint density at radius 1 is 1.13 bits per heavy atom. The minimum atomic E-state index is -0.326. The molecule has 8 nitrogen and oxygen atoms in total. The lowest BCUT2D eigenvalue weighted by atomic mass is 10.2. The van der Waals surface area contributed by atoms with Gasteiger partial charge in [-0.3, -0.25) is 9.59 Å². The topological polar surface area (TPSA) is 95.1 Å². The largest absolute Gasteiger partial charge is 0.497 e. The van der Waals surface area contributed by atoms with Crippen LogP contribution in [0.4, 0.5) is 5.69 Å². The predicted octanol–water partition coefficient (Wildman–Crippen LogP) is 3.44. The summed E-state index contributed by atoms with van der Waals surface area (Å²) in [6.07, 6.45) is 0. The molecule has 152 valence electrons. The molecule has 0 atom stereocenters. The quantitative estimate of drug-likeness (QED) is 0.528. The van der Waals surface area contributed by atoms with Gasteiger partial charge in [-0.2, -0.15) is 0 Å². The van der Waals surface area contributed by atoms with Crippen LogP contribution in [0.1, 0.15) is 21.8 Å². The van der Waals surface area contributed by atoms with Crippen molar-refractivity contribution >= 4 is 17.2 Å². The van der Waals surface area contributed by atoms with E-state index in [-0.39, 0.29) is 18.1 Å². The summed E-state index contributed by atoms with van der Waals surface area (Å²) in [4.78, 5) is 29.1. The van der Waals surface area contributed by atoms with Crippen molar-refractivity contribution in [3.63, 3.8) is 0 Å². The highest BCUT2D eigenvalue weighted by Gasteiger charge is 2.12. The van der Waals surface area contributed by atoms with Crippen LogP contribution in [0, 0.1) is 6.92 Å². The second-order valence-electron chi connectivity index (χ2n) is 6.55. The third kappa shape index (κ3) is 4.02. The van der Waals surface area contributed by atoms with Gasteiger partial charge in [0, 0.05) is 17.7 Å². The third-order valence-electron chi connectivity index (χ3n) is 4.39. The van der Waals surface area contributed by atoms with E-state index in [2.05, 4.69) is 10.3 Å². The number of hydrogen-bond acceptors (Lipinski definition) is 6. The molecular formula is C22H19N3O5. The lowest BCUT2D eigenvalue weighted by molar-refractivity contribution is 0.102. The minimum Gasteiger partial charge on any atom is -0.497 e. The SMILES string of the molecule is COc1ccc(C(=O)Nc2ccccc2OCc2cc(=O)n3oc(C)cc3n2)cc1. The van der Waals surface area contributed by atoms with Gasteiger partial charge in [-0.1, -0.05) is 12.1 Å². The Hall–Kier alpha value is -4.07. The summed E-state index contributed by atoms with van der Waals surface area (Å²) in [5.41, 5.74) is 1.54. The lowest BCUT2D eigenvalue weighted by Crippen LogP contribution is -2.15. The molecule has 0 saturated heterocycles. The van der Waals surface area contributed by atoms with Crippen molar-refractivity contribution in [1.29, 1.82) is 0 Å². The second-order valence-corrected chi connectivity index (χ2v) is 6.55. The van der Waals surface area contributed by atoms with Gasteiger partial charge in [0.15, 0.2) is 5.65 Å². The number of nitrogens with zero attached hydrogens (tertiary/aromatic N) is 2. The molecule has 0 radical (unpaired) electrons. The predicted molar refractivity (Wildman–Crippen MR) is 110 cm³/mol. The fraction of sp³-hybridized carbons (Fsp3) is 0.136.